The molecule has 1 fully saturated rings. The van der Waals surface area contributed by atoms with Crippen LogP contribution in [0.1, 0.15) is 30.3 Å². The highest BCUT2D eigenvalue weighted by atomic mass is 32.1. The maximum Gasteiger partial charge on any atom is 0.357 e. The molecule has 1 amide bonds. The van der Waals surface area contributed by atoms with Crippen molar-refractivity contribution in [1.82, 2.24) is 15.2 Å². The van der Waals surface area contributed by atoms with E-state index in [1.807, 2.05) is 24.3 Å². The van der Waals surface area contributed by atoms with Crippen LogP contribution in [-0.2, 0) is 9.53 Å². The molecule has 1 N–H and O–H groups in total. The van der Waals surface area contributed by atoms with E-state index in [1.54, 1.807) is 18.6 Å². The van der Waals surface area contributed by atoms with Crippen LogP contribution in [0.15, 0.2) is 40.3 Å². The number of carbonyl (C=O) groups is 2. The number of hydrogen-bond acceptors (Lipinski definition) is 9. The largest absolute Gasteiger partial charge is 0.463 e. The Morgan fingerprint density at radius 3 is 2.77 bits per heavy atom. The van der Waals surface area contributed by atoms with Crippen molar-refractivity contribution >= 4 is 34.2 Å². The third-order valence-corrected chi connectivity index (χ3v) is 5.59. The number of anilines is 2. The van der Waals surface area contributed by atoms with Gasteiger partial charge in [0.15, 0.2) is 22.4 Å². The van der Waals surface area contributed by atoms with Gasteiger partial charge in [-0.3, -0.25) is 4.79 Å². The minimum Gasteiger partial charge on any atom is -0.463 e. The first-order valence-corrected chi connectivity index (χ1v) is 10.6. The van der Waals surface area contributed by atoms with Crippen LogP contribution in [0.2, 0.25) is 0 Å². The molecular weight excluding hydrogens is 406 g/mol. The van der Waals surface area contributed by atoms with Crippen LogP contribution in [0.4, 0.5) is 10.9 Å². The van der Waals surface area contributed by atoms with Crippen molar-refractivity contribution in [2.45, 2.75) is 19.8 Å². The molecule has 1 saturated heterocycles. The third kappa shape index (κ3) is 4.48. The van der Waals surface area contributed by atoms with E-state index in [4.69, 9.17) is 9.15 Å². The predicted octanol–water partition coefficient (Wildman–Crippen LogP) is 3.22. The summed E-state index contributed by atoms with van der Waals surface area (Å²) in [7, 11) is 0. The SMILES string of the molecule is CCOC(=O)c1csc(NC(=O)C2CCN(c3ccc(-c4ccco4)nn3)CC2)n1. The van der Waals surface area contributed by atoms with E-state index in [1.165, 1.54) is 11.3 Å². The molecule has 0 atom stereocenters. The summed E-state index contributed by atoms with van der Waals surface area (Å²) in [6.07, 6.45) is 3.00. The number of amides is 1. The number of thiazole rings is 1. The second-order valence-corrected chi connectivity index (χ2v) is 7.62. The monoisotopic (exact) mass is 427 g/mol. The molecule has 1 aliphatic rings. The van der Waals surface area contributed by atoms with Gasteiger partial charge >= 0.3 is 5.97 Å². The van der Waals surface area contributed by atoms with Crippen LogP contribution in [0, 0.1) is 5.92 Å². The number of hydrogen-bond donors (Lipinski definition) is 1. The lowest BCUT2D eigenvalue weighted by molar-refractivity contribution is -0.120. The lowest BCUT2D eigenvalue weighted by atomic mass is 9.96. The van der Waals surface area contributed by atoms with Gasteiger partial charge in [-0.2, -0.15) is 0 Å². The number of carbonyl (C=O) groups excluding carboxylic acids is 2. The smallest absolute Gasteiger partial charge is 0.357 e. The zero-order chi connectivity index (χ0) is 20.9. The summed E-state index contributed by atoms with van der Waals surface area (Å²) in [6, 6.07) is 7.44. The first-order chi connectivity index (χ1) is 14.6. The average molecular weight is 427 g/mol. The quantitative estimate of drug-likeness (QED) is 0.597. The summed E-state index contributed by atoms with van der Waals surface area (Å²) in [4.78, 5) is 30.5. The van der Waals surface area contributed by atoms with E-state index >= 15 is 0 Å². The second kappa shape index (κ2) is 9.04. The molecule has 0 bridgehead atoms. The summed E-state index contributed by atoms with van der Waals surface area (Å²) in [5.41, 5.74) is 0.896. The van der Waals surface area contributed by atoms with Crippen LogP contribution in [0.5, 0.6) is 0 Å². The van der Waals surface area contributed by atoms with Gasteiger partial charge in [-0.05, 0) is 44.0 Å². The molecule has 9 nitrogen and oxygen atoms in total. The molecule has 0 spiro atoms. The van der Waals surface area contributed by atoms with E-state index < -0.39 is 5.97 Å². The van der Waals surface area contributed by atoms with Gasteiger partial charge in [0.25, 0.3) is 0 Å². The molecule has 0 aliphatic carbocycles. The van der Waals surface area contributed by atoms with Crippen molar-refractivity contribution in [2.24, 2.45) is 5.92 Å². The van der Waals surface area contributed by atoms with Crippen LogP contribution in [0.25, 0.3) is 11.5 Å². The van der Waals surface area contributed by atoms with Gasteiger partial charge in [-0.15, -0.1) is 21.5 Å². The minimum absolute atomic E-state index is 0.0846. The van der Waals surface area contributed by atoms with Gasteiger partial charge in [-0.25, -0.2) is 9.78 Å². The van der Waals surface area contributed by atoms with Gasteiger partial charge in [0.05, 0.1) is 12.9 Å². The average Bonchev–Trinajstić information content (AvgIpc) is 3.47. The Kier molecular flexibility index (Phi) is 6.03. The number of furan rings is 1. The maximum atomic E-state index is 12.6. The third-order valence-electron chi connectivity index (χ3n) is 4.83. The van der Waals surface area contributed by atoms with Gasteiger partial charge in [0, 0.05) is 24.4 Å². The van der Waals surface area contributed by atoms with E-state index in [9.17, 15) is 9.59 Å². The number of esters is 1. The number of ether oxygens (including phenoxy) is 1. The summed E-state index contributed by atoms with van der Waals surface area (Å²) in [5, 5.41) is 13.3. The van der Waals surface area contributed by atoms with Gasteiger partial charge in [0.2, 0.25) is 5.91 Å². The molecule has 3 aromatic heterocycles. The molecule has 1 aliphatic heterocycles. The Hall–Kier alpha value is -3.27. The molecule has 0 saturated carbocycles. The summed E-state index contributed by atoms with van der Waals surface area (Å²) in [5.74, 6) is 0.771. The van der Waals surface area contributed by atoms with Crippen molar-refractivity contribution < 1.29 is 18.7 Å². The zero-order valence-corrected chi connectivity index (χ0v) is 17.2. The summed E-state index contributed by atoms with van der Waals surface area (Å²) >= 11 is 1.21. The molecule has 4 rings (SSSR count). The fourth-order valence-corrected chi connectivity index (χ4v) is 3.94. The molecule has 156 valence electrons. The lowest BCUT2D eigenvalue weighted by Crippen LogP contribution is -2.38. The number of nitrogens with one attached hydrogen (secondary N) is 1. The van der Waals surface area contributed by atoms with E-state index in [-0.39, 0.29) is 24.1 Å². The minimum atomic E-state index is -0.485. The predicted molar refractivity (Wildman–Crippen MR) is 111 cm³/mol. The summed E-state index contributed by atoms with van der Waals surface area (Å²) in [6.45, 7) is 3.43. The van der Waals surface area contributed by atoms with Crippen LogP contribution in [0.3, 0.4) is 0 Å². The van der Waals surface area contributed by atoms with Crippen LogP contribution >= 0.6 is 11.3 Å². The molecule has 30 heavy (non-hydrogen) atoms. The number of rotatable bonds is 6. The Morgan fingerprint density at radius 2 is 2.10 bits per heavy atom. The Bertz CT molecular complexity index is 995. The van der Waals surface area contributed by atoms with Gasteiger partial charge in [0.1, 0.15) is 5.69 Å². The number of nitrogens with zero attached hydrogens (tertiary/aromatic N) is 4. The molecule has 10 heteroatoms. The molecule has 4 heterocycles. The molecule has 0 unspecified atom stereocenters. The highest BCUT2D eigenvalue weighted by Crippen LogP contribution is 2.25. The highest BCUT2D eigenvalue weighted by Gasteiger charge is 2.26. The molecular formula is C20H21N5O4S. The van der Waals surface area contributed by atoms with Crippen LogP contribution < -0.4 is 10.2 Å². The zero-order valence-electron chi connectivity index (χ0n) is 16.4. The van der Waals surface area contributed by atoms with Crippen molar-refractivity contribution in [2.75, 3.05) is 29.9 Å². The van der Waals surface area contributed by atoms with Gasteiger partial charge < -0.3 is 19.4 Å². The van der Waals surface area contributed by atoms with Crippen LogP contribution in [-0.4, -0.2) is 46.8 Å². The van der Waals surface area contributed by atoms with E-state index in [2.05, 4.69) is 25.4 Å². The fraction of sp³-hybridized carbons (Fsp3) is 0.350. The van der Waals surface area contributed by atoms with Crippen molar-refractivity contribution in [3.63, 3.8) is 0 Å². The van der Waals surface area contributed by atoms with Crippen molar-refractivity contribution in [3.8, 4) is 11.5 Å². The van der Waals surface area contributed by atoms with E-state index in [0.29, 0.717) is 42.5 Å². The van der Waals surface area contributed by atoms with Crippen molar-refractivity contribution in [3.05, 3.63) is 41.6 Å². The summed E-state index contributed by atoms with van der Waals surface area (Å²) < 4.78 is 10.2. The molecule has 0 aromatic carbocycles. The van der Waals surface area contributed by atoms with E-state index in [0.717, 1.165) is 5.82 Å². The topological polar surface area (TPSA) is 110 Å². The van der Waals surface area contributed by atoms with Gasteiger partial charge in [-0.1, -0.05) is 0 Å². The first kappa shape index (κ1) is 20.0. The second-order valence-electron chi connectivity index (χ2n) is 6.76. The maximum absolute atomic E-state index is 12.6. The standard InChI is InChI=1S/C20H21N5O4S/c1-2-28-19(27)15-12-30-20(21-15)22-18(26)13-7-9-25(10-8-13)17-6-5-14(23-24-17)16-4-3-11-29-16/h3-6,11-13H,2,7-10H2,1H3,(H,21,22,26). The fourth-order valence-electron chi connectivity index (χ4n) is 3.26. The molecule has 3 aromatic rings. The number of piperidine rings is 1. The lowest BCUT2D eigenvalue weighted by Gasteiger charge is -2.31. The van der Waals surface area contributed by atoms with Crippen molar-refractivity contribution in [1.29, 1.82) is 0 Å². The Labute approximate surface area is 177 Å². The Balaban J connectivity index is 1.30. The normalized spacial score (nSPS) is 14.5. The number of aromatic nitrogens is 3. The Morgan fingerprint density at radius 1 is 1.27 bits per heavy atom. The first-order valence-electron chi connectivity index (χ1n) is 9.70. The highest BCUT2D eigenvalue weighted by molar-refractivity contribution is 7.14. The molecule has 0 radical (unpaired) electrons.